The molecule has 0 spiro atoms. The Morgan fingerprint density at radius 1 is 1.46 bits per heavy atom. The van der Waals surface area contributed by atoms with Crippen LogP contribution in [-0.2, 0) is 38.9 Å². The molecular formula is C22H21N7O4S4. The van der Waals surface area contributed by atoms with Crippen LogP contribution >= 0.6 is 34.9 Å². The summed E-state index contributed by atoms with van der Waals surface area (Å²) in [5.41, 5.74) is 8.54. The molecule has 1 fully saturated rings. The van der Waals surface area contributed by atoms with Crippen molar-refractivity contribution in [1.82, 2.24) is 20.5 Å². The molecule has 0 aromatic carbocycles. The van der Waals surface area contributed by atoms with E-state index in [1.807, 2.05) is 41.5 Å². The number of carbonyl (C=O) groups excluding carboxylic acids is 3. The van der Waals surface area contributed by atoms with E-state index in [2.05, 4.69) is 15.8 Å². The Kier molecular flexibility index (Phi) is 6.97. The van der Waals surface area contributed by atoms with E-state index in [0.717, 1.165) is 23.0 Å². The molecule has 5 rings (SSSR count). The standard InChI is InChI=1S/C22H21N7O4S4/c1-28-6-3-4-11(8-28)13-10-35-18(25-13)12-9-36-20-14(19(31)29(20)15(12)21(32)34)26-17(30)16(27-33-2)22(23)24-5-7-37-22/h3-8,10,14,20,24H,9,23H2,1-2H3,(H-,26,30,32,34)/t14-,20-,22?/m1/s1. The summed E-state index contributed by atoms with van der Waals surface area (Å²) >= 11 is 8.96. The van der Waals surface area contributed by atoms with Gasteiger partial charge < -0.3 is 32.9 Å². The van der Waals surface area contributed by atoms with Crippen LogP contribution in [0.4, 0.5) is 0 Å². The molecule has 192 valence electrons. The summed E-state index contributed by atoms with van der Waals surface area (Å²) < 4.78 is 1.92. The molecule has 3 aliphatic rings. The molecule has 0 radical (unpaired) electrons. The van der Waals surface area contributed by atoms with Gasteiger partial charge in [0, 0.05) is 29.0 Å². The normalized spacial score (nSPS) is 24.9. The maximum atomic E-state index is 13.2. The predicted molar refractivity (Wildman–Crippen MR) is 144 cm³/mol. The molecule has 2 amide bonds. The molecule has 0 aliphatic carbocycles. The van der Waals surface area contributed by atoms with E-state index in [1.54, 1.807) is 11.6 Å². The first-order chi connectivity index (χ1) is 17.7. The molecule has 5 heterocycles. The average molecular weight is 576 g/mol. The van der Waals surface area contributed by atoms with E-state index < -0.39 is 33.3 Å². The van der Waals surface area contributed by atoms with Crippen molar-refractivity contribution >= 4 is 75.7 Å². The number of oxime groups is 1. The summed E-state index contributed by atoms with van der Waals surface area (Å²) in [6, 6.07) is 2.99. The van der Waals surface area contributed by atoms with Crippen molar-refractivity contribution in [1.29, 1.82) is 0 Å². The number of thioether (sulfide) groups is 2. The van der Waals surface area contributed by atoms with Crippen molar-refractivity contribution < 1.29 is 23.8 Å². The van der Waals surface area contributed by atoms with Gasteiger partial charge in [0.05, 0.1) is 22.1 Å². The highest BCUT2D eigenvalue weighted by Crippen LogP contribution is 2.44. The van der Waals surface area contributed by atoms with Crippen LogP contribution in [0, 0.1) is 0 Å². The number of hydrogen-bond donors (Lipinski definition) is 3. The van der Waals surface area contributed by atoms with Crippen molar-refractivity contribution in [3.63, 3.8) is 0 Å². The number of amides is 2. The Labute approximate surface area is 230 Å². The number of aryl methyl sites for hydroxylation is 1. The molecule has 2 aromatic heterocycles. The number of thiazole rings is 1. The van der Waals surface area contributed by atoms with Crippen molar-refractivity contribution in [3.05, 3.63) is 52.2 Å². The number of nitrogens with zero attached hydrogens (tertiary/aromatic N) is 4. The quantitative estimate of drug-likeness (QED) is 0.138. The summed E-state index contributed by atoms with van der Waals surface area (Å²) in [5.74, 6) is -0.709. The topological polar surface area (TPSA) is 143 Å². The lowest BCUT2D eigenvalue weighted by Crippen LogP contribution is -2.72. The lowest BCUT2D eigenvalue weighted by molar-refractivity contribution is -0.671. The van der Waals surface area contributed by atoms with Crippen molar-refractivity contribution in [2.24, 2.45) is 17.9 Å². The maximum absolute atomic E-state index is 13.2. The first kappa shape index (κ1) is 25.7. The average Bonchev–Trinajstić information content (AvgIpc) is 3.54. The fraction of sp³-hybridized carbons (Fsp3) is 0.273. The third-order valence-electron chi connectivity index (χ3n) is 5.82. The highest BCUT2D eigenvalue weighted by molar-refractivity contribution is 8.04. The van der Waals surface area contributed by atoms with E-state index >= 15 is 0 Å². The van der Waals surface area contributed by atoms with Crippen molar-refractivity contribution in [2.75, 3.05) is 12.9 Å². The van der Waals surface area contributed by atoms with E-state index in [4.69, 9.17) is 28.2 Å². The first-order valence-electron chi connectivity index (χ1n) is 10.9. The van der Waals surface area contributed by atoms with E-state index in [0.29, 0.717) is 16.3 Å². The number of nitrogens with one attached hydrogen (secondary N) is 2. The van der Waals surface area contributed by atoms with Gasteiger partial charge >= 0.3 is 0 Å². The van der Waals surface area contributed by atoms with Crippen LogP contribution < -0.4 is 20.9 Å². The van der Waals surface area contributed by atoms with Crippen LogP contribution in [0.1, 0.15) is 5.01 Å². The number of β-lactam (4-membered cyclic amide) rings is 1. The molecule has 37 heavy (non-hydrogen) atoms. The van der Waals surface area contributed by atoms with Gasteiger partial charge in [0.25, 0.3) is 11.8 Å². The van der Waals surface area contributed by atoms with Crippen LogP contribution in [-0.4, -0.2) is 61.8 Å². The summed E-state index contributed by atoms with van der Waals surface area (Å²) in [5, 5.41) is 12.4. The van der Waals surface area contributed by atoms with Gasteiger partial charge in [-0.25, -0.2) is 9.55 Å². The summed E-state index contributed by atoms with van der Waals surface area (Å²) in [7, 11) is 3.22. The van der Waals surface area contributed by atoms with Crippen molar-refractivity contribution in [3.8, 4) is 11.3 Å². The van der Waals surface area contributed by atoms with Gasteiger partial charge in [0.1, 0.15) is 30.6 Å². The molecule has 3 aliphatic heterocycles. The molecule has 1 unspecified atom stereocenters. The third kappa shape index (κ3) is 4.61. The Balaban J connectivity index is 1.38. The minimum absolute atomic E-state index is 0.127. The molecule has 0 saturated carbocycles. The highest BCUT2D eigenvalue weighted by Gasteiger charge is 2.54. The molecule has 4 N–H and O–H groups in total. The molecule has 3 atom stereocenters. The predicted octanol–water partition coefficient (Wildman–Crippen LogP) is 0.242. The first-order valence-corrected chi connectivity index (χ1v) is 14.1. The van der Waals surface area contributed by atoms with Crippen LogP contribution in [0.3, 0.4) is 0 Å². The Morgan fingerprint density at radius 3 is 2.95 bits per heavy atom. The molecular weight excluding hydrogens is 555 g/mol. The number of pyridine rings is 1. The SMILES string of the molecule is CON=C(C(=O)N[C@@H]1C(=O)N2C(C(=O)[S-])=C(c3nc(-c4ccc[n+](C)c4)cs3)CS[C@H]12)C1(N)NC=CS1. The largest absolute Gasteiger partial charge is 0.735 e. The molecule has 11 nitrogen and oxygen atoms in total. The van der Waals surface area contributed by atoms with Gasteiger partial charge in [0.2, 0.25) is 0 Å². The molecule has 1 saturated heterocycles. The van der Waals surface area contributed by atoms with Crippen LogP contribution in [0.5, 0.6) is 0 Å². The van der Waals surface area contributed by atoms with Gasteiger partial charge in [-0.15, -0.1) is 23.1 Å². The van der Waals surface area contributed by atoms with Gasteiger partial charge in [-0.05, 0) is 11.5 Å². The lowest BCUT2D eigenvalue weighted by Gasteiger charge is -2.50. The minimum atomic E-state index is -1.33. The van der Waals surface area contributed by atoms with Gasteiger partial charge in [-0.1, -0.05) is 16.9 Å². The lowest BCUT2D eigenvalue weighted by atomic mass is 10.0. The number of fused-ring (bicyclic) bond motifs is 1. The van der Waals surface area contributed by atoms with E-state index in [-0.39, 0.29) is 11.4 Å². The number of nitrogens with two attached hydrogens (primary N) is 1. The number of aromatic nitrogens is 2. The highest BCUT2D eigenvalue weighted by atomic mass is 32.2. The zero-order chi connectivity index (χ0) is 26.3. The summed E-state index contributed by atoms with van der Waals surface area (Å²) in [4.78, 5) is 48.3. The van der Waals surface area contributed by atoms with Gasteiger partial charge in [0.15, 0.2) is 23.1 Å². The Morgan fingerprint density at radius 2 is 2.27 bits per heavy atom. The van der Waals surface area contributed by atoms with Crippen LogP contribution in [0.2, 0.25) is 0 Å². The maximum Gasteiger partial charge on any atom is 0.274 e. The molecule has 2 aromatic rings. The number of hydrogen-bond acceptors (Lipinski definition) is 12. The Bertz CT molecular complexity index is 1380. The zero-order valence-electron chi connectivity index (χ0n) is 19.5. The molecule has 0 bridgehead atoms. The second-order valence-corrected chi connectivity index (χ2v) is 11.7. The second-order valence-electron chi connectivity index (χ2n) is 8.19. The number of carbonyl (C=O) groups is 3. The summed E-state index contributed by atoms with van der Waals surface area (Å²) in [6.45, 7) is 0. The summed E-state index contributed by atoms with van der Waals surface area (Å²) in [6.07, 6.45) is 5.46. The van der Waals surface area contributed by atoms with E-state index in [1.165, 1.54) is 35.1 Å². The minimum Gasteiger partial charge on any atom is -0.735 e. The van der Waals surface area contributed by atoms with E-state index in [9.17, 15) is 14.4 Å². The van der Waals surface area contributed by atoms with Crippen molar-refractivity contribution in [2.45, 2.75) is 16.4 Å². The van der Waals surface area contributed by atoms with Crippen LogP contribution in [0.15, 0.2) is 52.4 Å². The fourth-order valence-corrected chi connectivity index (χ4v) is 7.35. The third-order valence-corrected chi connectivity index (χ3v) is 9.15. The molecule has 15 heteroatoms. The Hall–Kier alpha value is -2.98. The van der Waals surface area contributed by atoms with Gasteiger partial charge in [-0.3, -0.25) is 20.2 Å². The second kappa shape index (κ2) is 10.1. The monoisotopic (exact) mass is 575 g/mol. The van der Waals surface area contributed by atoms with Gasteiger partial charge in [-0.2, -0.15) is 0 Å². The smallest absolute Gasteiger partial charge is 0.274 e. The number of rotatable bonds is 7. The zero-order valence-corrected chi connectivity index (χ0v) is 22.8. The van der Waals surface area contributed by atoms with Crippen LogP contribution in [0.25, 0.3) is 16.8 Å². The fourth-order valence-electron chi connectivity index (χ4n) is 4.09.